The molecule has 154 valence electrons. The number of carbonyl (C=O) groups is 3. The van der Waals surface area contributed by atoms with Crippen LogP contribution in [0.4, 0.5) is 11.4 Å². The Morgan fingerprint density at radius 3 is 2.48 bits per heavy atom. The van der Waals surface area contributed by atoms with Gasteiger partial charge in [-0.15, -0.1) is 0 Å². The van der Waals surface area contributed by atoms with Crippen molar-refractivity contribution in [2.75, 3.05) is 17.3 Å². The average Bonchev–Trinajstić information content (AvgIpc) is 2.98. The summed E-state index contributed by atoms with van der Waals surface area (Å²) in [6, 6.07) is 18.6. The van der Waals surface area contributed by atoms with Gasteiger partial charge in [0.05, 0.1) is 17.7 Å². The fourth-order valence-electron chi connectivity index (χ4n) is 4.48. The number of hydrogen-bond donors (Lipinski definition) is 1. The van der Waals surface area contributed by atoms with E-state index in [1.165, 1.54) is 4.90 Å². The predicted octanol–water partition coefficient (Wildman–Crippen LogP) is 4.28. The quantitative estimate of drug-likeness (QED) is 0.652. The number of ether oxygens (including phenoxy) is 1. The number of anilines is 2. The second kappa shape index (κ2) is 7.09. The van der Waals surface area contributed by atoms with Crippen molar-refractivity contribution in [1.29, 1.82) is 0 Å². The maximum absolute atomic E-state index is 12.8. The van der Waals surface area contributed by atoms with Gasteiger partial charge in [-0.1, -0.05) is 36.4 Å². The van der Waals surface area contributed by atoms with Crippen molar-refractivity contribution in [3.63, 3.8) is 0 Å². The Balaban J connectivity index is 1.60. The minimum atomic E-state index is -0.548. The summed E-state index contributed by atoms with van der Waals surface area (Å²) in [6.07, 6.45) is -0.445. The molecule has 0 aliphatic carbocycles. The van der Waals surface area contributed by atoms with Gasteiger partial charge in [-0.3, -0.25) is 14.4 Å². The van der Waals surface area contributed by atoms with Crippen LogP contribution in [0.3, 0.4) is 0 Å². The number of amides is 2. The van der Waals surface area contributed by atoms with Crippen LogP contribution in [0.1, 0.15) is 34.0 Å². The third-order valence-corrected chi connectivity index (χ3v) is 5.87. The van der Waals surface area contributed by atoms with Crippen LogP contribution in [0.25, 0.3) is 11.1 Å². The highest BCUT2D eigenvalue weighted by Crippen LogP contribution is 2.49. The van der Waals surface area contributed by atoms with Crippen LogP contribution in [0.15, 0.2) is 60.7 Å². The Kier molecular flexibility index (Phi) is 4.36. The molecule has 0 aromatic heterocycles. The fourth-order valence-corrected chi connectivity index (χ4v) is 4.48. The Labute approximate surface area is 179 Å². The third kappa shape index (κ3) is 2.99. The summed E-state index contributed by atoms with van der Waals surface area (Å²) in [5.41, 5.74) is 4.98. The molecule has 2 aliphatic rings. The summed E-state index contributed by atoms with van der Waals surface area (Å²) in [5, 5.41) is 2.90. The molecule has 5 rings (SSSR count). The van der Waals surface area contributed by atoms with Crippen LogP contribution < -0.4 is 15.0 Å². The van der Waals surface area contributed by atoms with Crippen LogP contribution in [0, 0.1) is 6.92 Å². The van der Waals surface area contributed by atoms with Gasteiger partial charge in [-0.25, -0.2) is 0 Å². The van der Waals surface area contributed by atoms with Crippen molar-refractivity contribution in [3.05, 3.63) is 77.4 Å². The maximum atomic E-state index is 12.8. The van der Waals surface area contributed by atoms with Crippen molar-refractivity contribution >= 4 is 29.0 Å². The third-order valence-electron chi connectivity index (χ3n) is 5.87. The molecular formula is C25H20N2O4. The number of carbonyl (C=O) groups excluding carboxylic acids is 3. The zero-order valence-corrected chi connectivity index (χ0v) is 17.1. The number of rotatable bonds is 3. The zero-order chi connectivity index (χ0) is 21.7. The molecular weight excluding hydrogens is 392 g/mol. The number of hydrogen-bond acceptors (Lipinski definition) is 4. The number of Topliss-reactive ketones (excluding diaryl/α,β-unsaturated/α-hetero) is 1. The normalized spacial score (nSPS) is 16.3. The molecule has 6 nitrogen and oxygen atoms in total. The van der Waals surface area contributed by atoms with Gasteiger partial charge in [0.1, 0.15) is 11.9 Å². The molecule has 31 heavy (non-hydrogen) atoms. The Morgan fingerprint density at radius 2 is 1.71 bits per heavy atom. The second-order valence-corrected chi connectivity index (χ2v) is 7.77. The van der Waals surface area contributed by atoms with Crippen LogP contribution in [0.5, 0.6) is 5.75 Å². The summed E-state index contributed by atoms with van der Waals surface area (Å²) >= 11 is 0. The SMILES string of the molecule is Cc1c2c(cc3c1N(C)C(=O)C3=O)-c1ccccc1OC2CC(=O)Nc1ccccc1. The minimum absolute atomic E-state index is 0.0987. The van der Waals surface area contributed by atoms with E-state index < -0.39 is 17.8 Å². The van der Waals surface area contributed by atoms with Gasteiger partial charge >= 0.3 is 0 Å². The number of likely N-dealkylation sites (N-methyl/N-ethyl adjacent to an activating group) is 1. The molecule has 3 aromatic rings. The van der Waals surface area contributed by atoms with Crippen molar-refractivity contribution in [1.82, 2.24) is 0 Å². The van der Waals surface area contributed by atoms with E-state index in [9.17, 15) is 14.4 Å². The van der Waals surface area contributed by atoms with Crippen LogP contribution >= 0.6 is 0 Å². The lowest BCUT2D eigenvalue weighted by molar-refractivity contribution is -0.118. The number of para-hydroxylation sites is 2. The molecule has 1 N–H and O–H groups in total. The highest BCUT2D eigenvalue weighted by atomic mass is 16.5. The van der Waals surface area contributed by atoms with E-state index in [2.05, 4.69) is 5.32 Å². The number of benzene rings is 3. The molecule has 2 heterocycles. The number of nitrogens with one attached hydrogen (secondary N) is 1. The second-order valence-electron chi connectivity index (χ2n) is 7.77. The molecule has 3 aromatic carbocycles. The van der Waals surface area contributed by atoms with Gasteiger partial charge in [0.25, 0.3) is 11.7 Å². The average molecular weight is 412 g/mol. The fraction of sp³-hybridized carbons (Fsp3) is 0.160. The van der Waals surface area contributed by atoms with Crippen LogP contribution in [-0.2, 0) is 9.59 Å². The molecule has 0 radical (unpaired) electrons. The molecule has 0 bridgehead atoms. The van der Waals surface area contributed by atoms with E-state index in [4.69, 9.17) is 4.74 Å². The van der Waals surface area contributed by atoms with Crippen molar-refractivity contribution in [2.45, 2.75) is 19.4 Å². The molecule has 2 amide bonds. The zero-order valence-electron chi connectivity index (χ0n) is 17.1. The van der Waals surface area contributed by atoms with E-state index in [0.29, 0.717) is 22.7 Å². The van der Waals surface area contributed by atoms with Crippen molar-refractivity contribution in [3.8, 4) is 16.9 Å². The van der Waals surface area contributed by atoms with Gasteiger partial charge in [0.15, 0.2) is 0 Å². The number of fused-ring (bicyclic) bond motifs is 4. The first-order valence-corrected chi connectivity index (χ1v) is 10.1. The maximum Gasteiger partial charge on any atom is 0.299 e. The van der Waals surface area contributed by atoms with Gasteiger partial charge in [0.2, 0.25) is 5.91 Å². The summed E-state index contributed by atoms with van der Waals surface area (Å²) < 4.78 is 6.25. The molecule has 6 heteroatoms. The van der Waals surface area contributed by atoms with Gasteiger partial charge in [-0.2, -0.15) is 0 Å². The predicted molar refractivity (Wildman–Crippen MR) is 117 cm³/mol. The monoisotopic (exact) mass is 412 g/mol. The smallest absolute Gasteiger partial charge is 0.299 e. The number of ketones is 1. The molecule has 2 aliphatic heterocycles. The van der Waals surface area contributed by atoms with Gasteiger partial charge < -0.3 is 15.0 Å². The lowest BCUT2D eigenvalue weighted by Crippen LogP contribution is -2.26. The summed E-state index contributed by atoms with van der Waals surface area (Å²) in [6.45, 7) is 1.87. The van der Waals surface area contributed by atoms with Crippen molar-refractivity contribution in [2.24, 2.45) is 0 Å². The Hall–Kier alpha value is -3.93. The first kappa shape index (κ1) is 19.1. The van der Waals surface area contributed by atoms with Crippen LogP contribution in [-0.4, -0.2) is 24.6 Å². The Morgan fingerprint density at radius 1 is 1.00 bits per heavy atom. The highest BCUT2D eigenvalue weighted by molar-refractivity contribution is 6.52. The highest BCUT2D eigenvalue weighted by Gasteiger charge is 2.39. The molecule has 0 fully saturated rings. The largest absolute Gasteiger partial charge is 0.485 e. The van der Waals surface area contributed by atoms with Crippen molar-refractivity contribution < 1.29 is 19.1 Å². The van der Waals surface area contributed by atoms with E-state index in [-0.39, 0.29) is 12.3 Å². The molecule has 0 spiro atoms. The molecule has 1 unspecified atom stereocenters. The van der Waals surface area contributed by atoms with E-state index in [0.717, 1.165) is 22.3 Å². The van der Waals surface area contributed by atoms with Gasteiger partial charge in [-0.05, 0) is 42.3 Å². The first-order chi connectivity index (χ1) is 15.0. The molecule has 1 atom stereocenters. The first-order valence-electron chi connectivity index (χ1n) is 10.1. The van der Waals surface area contributed by atoms with E-state index in [1.54, 1.807) is 13.1 Å². The Bertz CT molecular complexity index is 1250. The topological polar surface area (TPSA) is 75.7 Å². The summed E-state index contributed by atoms with van der Waals surface area (Å²) in [5.74, 6) is -0.585. The standard InChI is InChI=1S/C25H20N2O4/c1-14-22-17(12-18-23(14)27(2)25(30)24(18)29)16-10-6-7-11-19(16)31-20(22)13-21(28)26-15-8-4-3-5-9-15/h3-12,20H,13H2,1-2H3,(H,26,28). The van der Waals surface area contributed by atoms with Gasteiger partial charge in [0, 0.05) is 23.9 Å². The van der Waals surface area contributed by atoms with E-state index >= 15 is 0 Å². The van der Waals surface area contributed by atoms with E-state index in [1.807, 2.05) is 61.5 Å². The number of nitrogens with zero attached hydrogens (tertiary/aromatic N) is 1. The lowest BCUT2D eigenvalue weighted by Gasteiger charge is -2.31. The molecule has 0 saturated carbocycles. The molecule has 0 saturated heterocycles. The van der Waals surface area contributed by atoms with Crippen LogP contribution in [0.2, 0.25) is 0 Å². The minimum Gasteiger partial charge on any atom is -0.485 e. The summed E-state index contributed by atoms with van der Waals surface area (Å²) in [4.78, 5) is 39.0. The summed E-state index contributed by atoms with van der Waals surface area (Å²) in [7, 11) is 1.60. The lowest BCUT2D eigenvalue weighted by atomic mass is 9.85.